The molecule has 0 saturated carbocycles. The molecule has 0 bridgehead atoms. The lowest BCUT2D eigenvalue weighted by Crippen LogP contribution is -2.33. The molecule has 58 valence electrons. The molecule has 1 aromatic heterocycles. The summed E-state index contributed by atoms with van der Waals surface area (Å²) in [4.78, 5) is 13.9. The third-order valence-electron chi connectivity index (χ3n) is 1.27. The predicted octanol–water partition coefficient (Wildman–Crippen LogP) is -0.156. The first-order valence-electron chi connectivity index (χ1n) is 3.30. The molecular formula is C7H9N2O2+. The van der Waals surface area contributed by atoms with Crippen LogP contribution in [0.5, 0.6) is 0 Å². The summed E-state index contributed by atoms with van der Waals surface area (Å²) in [5.74, 6) is -0.783. The molecule has 4 heteroatoms. The van der Waals surface area contributed by atoms with E-state index in [1.807, 2.05) is 0 Å². The Morgan fingerprint density at radius 3 is 2.64 bits per heavy atom. The van der Waals surface area contributed by atoms with Crippen LogP contribution < -0.4 is 4.57 Å². The lowest BCUT2D eigenvalue weighted by molar-refractivity contribution is -0.696. The highest BCUT2D eigenvalue weighted by molar-refractivity contribution is 5.66. The van der Waals surface area contributed by atoms with Crippen molar-refractivity contribution < 1.29 is 14.5 Å². The summed E-state index contributed by atoms with van der Waals surface area (Å²) in [5, 5.41) is 8.35. The number of carboxylic acid groups (broad SMARTS) is 1. The van der Waals surface area contributed by atoms with Crippen LogP contribution >= 0.6 is 0 Å². The van der Waals surface area contributed by atoms with Crippen molar-refractivity contribution in [2.75, 3.05) is 0 Å². The number of carboxylic acids is 1. The third-order valence-corrected chi connectivity index (χ3v) is 1.27. The van der Waals surface area contributed by atoms with E-state index in [1.54, 1.807) is 29.4 Å². The number of rotatable bonds is 3. The maximum Gasteiger partial charge on any atom is 0.309 e. The van der Waals surface area contributed by atoms with E-state index in [4.69, 9.17) is 5.11 Å². The zero-order valence-electron chi connectivity index (χ0n) is 5.97. The zero-order chi connectivity index (χ0) is 8.10. The number of hydrogen-bond acceptors (Lipinski definition) is 2. The Hall–Kier alpha value is -1.45. The van der Waals surface area contributed by atoms with Crippen molar-refractivity contribution in [1.82, 2.24) is 4.98 Å². The molecule has 4 nitrogen and oxygen atoms in total. The van der Waals surface area contributed by atoms with E-state index >= 15 is 0 Å². The lowest BCUT2D eigenvalue weighted by atomic mass is 10.4. The minimum absolute atomic E-state index is 0.147. The van der Waals surface area contributed by atoms with Gasteiger partial charge in [-0.05, 0) is 0 Å². The highest BCUT2D eigenvalue weighted by atomic mass is 16.4. The number of aryl methyl sites for hydroxylation is 1. The second-order valence-corrected chi connectivity index (χ2v) is 2.13. The molecule has 0 amide bonds. The fraction of sp³-hybridized carbons (Fsp3) is 0.286. The summed E-state index contributed by atoms with van der Waals surface area (Å²) in [5.41, 5.74) is 0. The Balaban J connectivity index is 2.45. The van der Waals surface area contributed by atoms with Crippen LogP contribution in [-0.2, 0) is 11.3 Å². The Kier molecular flexibility index (Phi) is 2.54. The van der Waals surface area contributed by atoms with Gasteiger partial charge in [-0.3, -0.25) is 9.78 Å². The first-order valence-corrected chi connectivity index (χ1v) is 3.30. The summed E-state index contributed by atoms with van der Waals surface area (Å²) >= 11 is 0. The molecule has 0 aliphatic carbocycles. The maximum atomic E-state index is 10.1. The molecule has 0 aromatic carbocycles. The topological polar surface area (TPSA) is 54.1 Å². The van der Waals surface area contributed by atoms with Crippen LogP contribution in [-0.4, -0.2) is 16.1 Å². The molecule has 1 aromatic rings. The summed E-state index contributed by atoms with van der Waals surface area (Å²) in [6.07, 6.45) is 6.88. The van der Waals surface area contributed by atoms with Crippen LogP contribution in [0.4, 0.5) is 0 Å². The molecule has 0 radical (unpaired) electrons. The van der Waals surface area contributed by atoms with Gasteiger partial charge in [-0.1, -0.05) is 0 Å². The molecule has 0 aliphatic heterocycles. The van der Waals surface area contributed by atoms with E-state index in [9.17, 15) is 4.79 Å². The molecule has 1 heterocycles. The molecular weight excluding hydrogens is 144 g/mol. The van der Waals surface area contributed by atoms with Crippen molar-refractivity contribution in [3.8, 4) is 0 Å². The molecule has 0 aliphatic rings. The molecule has 0 atom stereocenters. The molecule has 1 rings (SSSR count). The molecule has 1 N–H and O–H groups in total. The molecule has 0 saturated heterocycles. The number of hydrogen-bond donors (Lipinski definition) is 1. The minimum atomic E-state index is -0.783. The van der Waals surface area contributed by atoms with Crippen molar-refractivity contribution in [3.05, 3.63) is 24.8 Å². The average molecular weight is 153 g/mol. The highest BCUT2D eigenvalue weighted by Crippen LogP contribution is 1.78. The smallest absolute Gasteiger partial charge is 0.309 e. The van der Waals surface area contributed by atoms with Gasteiger partial charge >= 0.3 is 5.97 Å². The lowest BCUT2D eigenvalue weighted by Gasteiger charge is -1.90. The van der Waals surface area contributed by atoms with Crippen molar-refractivity contribution in [2.45, 2.75) is 13.0 Å². The monoisotopic (exact) mass is 153 g/mol. The average Bonchev–Trinajstić information content (AvgIpc) is 2.03. The van der Waals surface area contributed by atoms with E-state index in [-0.39, 0.29) is 6.42 Å². The van der Waals surface area contributed by atoms with Crippen LogP contribution in [0, 0.1) is 0 Å². The summed E-state index contributed by atoms with van der Waals surface area (Å²) < 4.78 is 1.78. The van der Waals surface area contributed by atoms with Gasteiger partial charge in [0.2, 0.25) is 0 Å². The summed E-state index contributed by atoms with van der Waals surface area (Å²) in [7, 11) is 0. The van der Waals surface area contributed by atoms with Crippen LogP contribution in [0.15, 0.2) is 24.8 Å². The minimum Gasteiger partial charge on any atom is -0.481 e. The standard InChI is InChI=1S/C7H8N2O2/c10-7(11)1-4-9-5-2-8-3-6-9/h2-3,5-6H,1,4H2/p+1. The molecule has 0 spiro atoms. The van der Waals surface area contributed by atoms with E-state index in [1.165, 1.54) is 0 Å². The predicted molar refractivity (Wildman–Crippen MR) is 36.7 cm³/mol. The van der Waals surface area contributed by atoms with Crippen molar-refractivity contribution >= 4 is 5.97 Å². The van der Waals surface area contributed by atoms with Gasteiger partial charge in [-0.15, -0.1) is 0 Å². The SMILES string of the molecule is O=C(O)CC[n+]1ccncc1. The van der Waals surface area contributed by atoms with Gasteiger partial charge in [0.05, 0.1) is 12.4 Å². The van der Waals surface area contributed by atoms with Gasteiger partial charge in [-0.25, -0.2) is 4.57 Å². The first-order chi connectivity index (χ1) is 5.29. The van der Waals surface area contributed by atoms with Gasteiger partial charge in [0.15, 0.2) is 18.9 Å². The van der Waals surface area contributed by atoms with Crippen molar-refractivity contribution in [3.63, 3.8) is 0 Å². The Morgan fingerprint density at radius 2 is 2.09 bits per heavy atom. The molecule has 0 fully saturated rings. The summed E-state index contributed by atoms with van der Waals surface area (Å²) in [6, 6.07) is 0. The summed E-state index contributed by atoms with van der Waals surface area (Å²) in [6.45, 7) is 0.498. The number of aliphatic carboxylic acids is 1. The van der Waals surface area contributed by atoms with Gasteiger partial charge in [0.1, 0.15) is 6.42 Å². The van der Waals surface area contributed by atoms with Gasteiger partial charge in [-0.2, -0.15) is 0 Å². The number of nitrogens with zero attached hydrogens (tertiary/aromatic N) is 2. The van der Waals surface area contributed by atoms with E-state index in [0.29, 0.717) is 6.54 Å². The highest BCUT2D eigenvalue weighted by Gasteiger charge is 2.02. The Bertz CT molecular complexity index is 235. The fourth-order valence-electron chi connectivity index (χ4n) is 0.721. The van der Waals surface area contributed by atoms with Crippen LogP contribution in [0.1, 0.15) is 6.42 Å². The normalized spacial score (nSPS) is 9.45. The zero-order valence-corrected chi connectivity index (χ0v) is 5.97. The number of aromatic nitrogens is 2. The Labute approximate surface area is 64.1 Å². The van der Waals surface area contributed by atoms with Crippen molar-refractivity contribution in [1.29, 1.82) is 0 Å². The van der Waals surface area contributed by atoms with Gasteiger partial charge in [0.25, 0.3) is 0 Å². The van der Waals surface area contributed by atoms with Crippen LogP contribution in [0.2, 0.25) is 0 Å². The maximum absolute atomic E-state index is 10.1. The third kappa shape index (κ3) is 2.75. The first kappa shape index (κ1) is 7.65. The van der Waals surface area contributed by atoms with Crippen LogP contribution in [0.3, 0.4) is 0 Å². The largest absolute Gasteiger partial charge is 0.481 e. The second kappa shape index (κ2) is 3.65. The van der Waals surface area contributed by atoms with Gasteiger partial charge < -0.3 is 5.11 Å². The molecule has 0 unspecified atom stereocenters. The van der Waals surface area contributed by atoms with E-state index in [2.05, 4.69) is 4.98 Å². The number of carbonyl (C=O) groups is 1. The van der Waals surface area contributed by atoms with Crippen LogP contribution in [0.25, 0.3) is 0 Å². The fourth-order valence-corrected chi connectivity index (χ4v) is 0.721. The van der Waals surface area contributed by atoms with E-state index < -0.39 is 5.97 Å². The molecule has 11 heavy (non-hydrogen) atoms. The van der Waals surface area contributed by atoms with Gasteiger partial charge in [0, 0.05) is 0 Å². The van der Waals surface area contributed by atoms with E-state index in [0.717, 1.165) is 0 Å². The second-order valence-electron chi connectivity index (χ2n) is 2.13. The quantitative estimate of drug-likeness (QED) is 0.614. The Morgan fingerprint density at radius 1 is 1.45 bits per heavy atom. The van der Waals surface area contributed by atoms with Crippen molar-refractivity contribution in [2.24, 2.45) is 0 Å².